The third-order valence-corrected chi connectivity index (χ3v) is 4.23. The fourth-order valence-corrected chi connectivity index (χ4v) is 2.65. The molecule has 2 aromatic carbocycles. The number of hydrogen-bond donors (Lipinski definition) is 2. The summed E-state index contributed by atoms with van der Waals surface area (Å²) >= 11 is 0. The van der Waals surface area contributed by atoms with Crippen LogP contribution in [0.2, 0.25) is 0 Å². The maximum Gasteiger partial charge on any atom is 0.224 e. The lowest BCUT2D eigenvalue weighted by Gasteiger charge is -2.18. The minimum Gasteiger partial charge on any atom is -0.356 e. The molecule has 0 atom stereocenters. The highest BCUT2D eigenvalue weighted by Crippen LogP contribution is 2.09. The number of carbonyl (C=O) groups is 1. The van der Waals surface area contributed by atoms with Gasteiger partial charge in [-0.1, -0.05) is 42.5 Å². The van der Waals surface area contributed by atoms with Gasteiger partial charge in [0.2, 0.25) is 5.91 Å². The highest BCUT2D eigenvalue weighted by molar-refractivity contribution is 5.81. The first-order valence-electron chi connectivity index (χ1n) is 8.97. The molecule has 0 saturated heterocycles. The number of aryl methyl sites for hydroxylation is 1. The van der Waals surface area contributed by atoms with Gasteiger partial charge in [0.05, 0.1) is 0 Å². The zero-order valence-corrected chi connectivity index (χ0v) is 16.1. The first kappa shape index (κ1) is 20.4. The van der Waals surface area contributed by atoms with Gasteiger partial charge >= 0.3 is 0 Å². The molecule has 0 unspecified atom stereocenters. The topological polar surface area (TPSA) is 56.7 Å². The largest absolute Gasteiger partial charge is 0.356 e. The molecule has 0 aliphatic rings. The second kappa shape index (κ2) is 10.3. The van der Waals surface area contributed by atoms with Crippen LogP contribution in [0.5, 0.6) is 0 Å². The lowest BCUT2D eigenvalue weighted by molar-refractivity contribution is -0.130. The van der Waals surface area contributed by atoms with Crippen LogP contribution in [-0.4, -0.2) is 37.4 Å². The second-order valence-electron chi connectivity index (χ2n) is 6.42. The molecule has 2 N–H and O–H groups in total. The summed E-state index contributed by atoms with van der Waals surface area (Å²) in [6, 6.07) is 14.9. The van der Waals surface area contributed by atoms with Gasteiger partial charge in [-0.05, 0) is 29.7 Å². The van der Waals surface area contributed by atoms with Crippen LogP contribution >= 0.6 is 0 Å². The molecule has 0 spiro atoms. The summed E-state index contributed by atoms with van der Waals surface area (Å²) < 4.78 is 13.3. The highest BCUT2D eigenvalue weighted by atomic mass is 19.1. The van der Waals surface area contributed by atoms with Crippen LogP contribution in [0.15, 0.2) is 53.5 Å². The molecule has 5 nitrogen and oxygen atoms in total. The molecule has 0 fully saturated rings. The molecule has 0 aromatic heterocycles. The maximum atomic E-state index is 13.3. The standard InChI is InChI=1S/C21H27FN4O/c1-16-13-18(9-10-19(16)22)14-25-21(23-2)24-12-11-20(27)26(3)15-17-7-5-4-6-8-17/h4-10,13H,11-12,14-15H2,1-3H3,(H2,23,24,25). The number of benzene rings is 2. The zero-order valence-electron chi connectivity index (χ0n) is 16.1. The van der Waals surface area contributed by atoms with E-state index in [1.807, 2.05) is 30.3 Å². The van der Waals surface area contributed by atoms with Crippen molar-refractivity contribution in [2.75, 3.05) is 20.6 Å². The number of amides is 1. The lowest BCUT2D eigenvalue weighted by atomic mass is 10.1. The van der Waals surface area contributed by atoms with Crippen molar-refractivity contribution in [2.45, 2.75) is 26.4 Å². The fourth-order valence-electron chi connectivity index (χ4n) is 2.65. The summed E-state index contributed by atoms with van der Waals surface area (Å²) in [4.78, 5) is 18.1. The Bertz CT molecular complexity index is 777. The molecule has 27 heavy (non-hydrogen) atoms. The van der Waals surface area contributed by atoms with Gasteiger partial charge in [-0.15, -0.1) is 0 Å². The van der Waals surface area contributed by atoms with E-state index >= 15 is 0 Å². The van der Waals surface area contributed by atoms with E-state index in [9.17, 15) is 9.18 Å². The Morgan fingerprint density at radius 1 is 1.11 bits per heavy atom. The maximum absolute atomic E-state index is 13.3. The van der Waals surface area contributed by atoms with Crippen molar-refractivity contribution in [2.24, 2.45) is 4.99 Å². The summed E-state index contributed by atoms with van der Waals surface area (Å²) in [7, 11) is 3.48. The van der Waals surface area contributed by atoms with Crippen LogP contribution in [0.4, 0.5) is 4.39 Å². The van der Waals surface area contributed by atoms with Crippen LogP contribution in [0.1, 0.15) is 23.1 Å². The molecule has 0 radical (unpaired) electrons. The Morgan fingerprint density at radius 2 is 1.85 bits per heavy atom. The Balaban J connectivity index is 1.73. The van der Waals surface area contributed by atoms with Crippen LogP contribution < -0.4 is 10.6 Å². The van der Waals surface area contributed by atoms with Gasteiger partial charge in [0.15, 0.2) is 5.96 Å². The summed E-state index contributed by atoms with van der Waals surface area (Å²) in [6.45, 7) is 3.35. The molecule has 6 heteroatoms. The van der Waals surface area contributed by atoms with Crippen molar-refractivity contribution in [1.82, 2.24) is 15.5 Å². The first-order valence-corrected chi connectivity index (χ1v) is 8.97. The summed E-state index contributed by atoms with van der Waals surface area (Å²) in [5.74, 6) is 0.464. The Morgan fingerprint density at radius 3 is 2.52 bits per heavy atom. The van der Waals surface area contributed by atoms with Gasteiger partial charge in [0.25, 0.3) is 0 Å². The molecular weight excluding hydrogens is 343 g/mol. The predicted octanol–water partition coefficient (Wildman–Crippen LogP) is 2.85. The van der Waals surface area contributed by atoms with Crippen LogP contribution in [0.3, 0.4) is 0 Å². The molecule has 144 valence electrons. The molecule has 0 aliphatic heterocycles. The number of guanidine groups is 1. The summed E-state index contributed by atoms with van der Waals surface area (Å²) in [5.41, 5.74) is 2.69. The van der Waals surface area contributed by atoms with Gasteiger partial charge in [-0.3, -0.25) is 9.79 Å². The second-order valence-corrected chi connectivity index (χ2v) is 6.42. The minimum absolute atomic E-state index is 0.0657. The fraction of sp³-hybridized carbons (Fsp3) is 0.333. The van der Waals surface area contributed by atoms with Crippen molar-refractivity contribution in [1.29, 1.82) is 0 Å². The monoisotopic (exact) mass is 370 g/mol. The minimum atomic E-state index is -0.209. The highest BCUT2D eigenvalue weighted by Gasteiger charge is 2.09. The van der Waals surface area contributed by atoms with Crippen molar-refractivity contribution < 1.29 is 9.18 Å². The Labute approximate surface area is 160 Å². The number of aliphatic imine (C=N–C) groups is 1. The van der Waals surface area contributed by atoms with E-state index < -0.39 is 0 Å². The SMILES string of the molecule is CN=C(NCCC(=O)N(C)Cc1ccccc1)NCc1ccc(F)c(C)c1. The Hall–Kier alpha value is -2.89. The molecule has 1 amide bonds. The number of rotatable bonds is 7. The molecule has 0 saturated carbocycles. The molecule has 2 rings (SSSR count). The lowest BCUT2D eigenvalue weighted by Crippen LogP contribution is -2.39. The normalized spacial score (nSPS) is 11.2. The number of nitrogens with one attached hydrogen (secondary N) is 2. The van der Waals surface area contributed by atoms with Crippen LogP contribution in [0, 0.1) is 12.7 Å². The van der Waals surface area contributed by atoms with E-state index in [0.717, 1.165) is 11.1 Å². The van der Waals surface area contributed by atoms with Gasteiger partial charge in [-0.2, -0.15) is 0 Å². The molecule has 0 bridgehead atoms. The summed E-state index contributed by atoms with van der Waals surface area (Å²) in [5, 5.41) is 6.30. The van der Waals surface area contributed by atoms with E-state index in [0.29, 0.717) is 37.6 Å². The third-order valence-electron chi connectivity index (χ3n) is 4.23. The van der Waals surface area contributed by atoms with Crippen LogP contribution in [-0.2, 0) is 17.9 Å². The number of carbonyl (C=O) groups excluding carboxylic acids is 1. The van der Waals surface area contributed by atoms with Gasteiger partial charge < -0.3 is 15.5 Å². The quantitative estimate of drug-likeness (QED) is 0.582. The first-order chi connectivity index (χ1) is 13.0. The van der Waals surface area contributed by atoms with Gasteiger partial charge in [0.1, 0.15) is 5.82 Å². The van der Waals surface area contributed by atoms with Crippen LogP contribution in [0.25, 0.3) is 0 Å². The molecule has 2 aromatic rings. The van der Waals surface area contributed by atoms with Crippen molar-refractivity contribution >= 4 is 11.9 Å². The van der Waals surface area contributed by atoms with Gasteiger partial charge in [0, 0.05) is 40.2 Å². The average molecular weight is 370 g/mol. The van der Waals surface area contributed by atoms with E-state index in [2.05, 4.69) is 15.6 Å². The molecule has 0 heterocycles. The van der Waals surface area contributed by atoms with Gasteiger partial charge in [-0.25, -0.2) is 4.39 Å². The van der Waals surface area contributed by atoms with Crippen molar-refractivity contribution in [3.8, 4) is 0 Å². The number of halogens is 1. The number of hydrogen-bond acceptors (Lipinski definition) is 2. The van der Waals surface area contributed by atoms with E-state index in [4.69, 9.17) is 0 Å². The van der Waals surface area contributed by atoms with E-state index in [1.54, 1.807) is 38.1 Å². The Kier molecular flexibility index (Phi) is 7.79. The predicted molar refractivity (Wildman–Crippen MR) is 107 cm³/mol. The summed E-state index contributed by atoms with van der Waals surface area (Å²) in [6.07, 6.45) is 0.375. The zero-order chi connectivity index (χ0) is 19.6. The molecular formula is C21H27FN4O. The van der Waals surface area contributed by atoms with E-state index in [-0.39, 0.29) is 11.7 Å². The smallest absolute Gasteiger partial charge is 0.224 e. The average Bonchev–Trinajstić information content (AvgIpc) is 2.67. The van der Waals surface area contributed by atoms with Crippen molar-refractivity contribution in [3.05, 3.63) is 71.0 Å². The third kappa shape index (κ3) is 6.73. The molecule has 0 aliphatic carbocycles. The van der Waals surface area contributed by atoms with Crippen molar-refractivity contribution in [3.63, 3.8) is 0 Å². The number of nitrogens with zero attached hydrogens (tertiary/aromatic N) is 2. The van der Waals surface area contributed by atoms with E-state index in [1.165, 1.54) is 6.07 Å².